The molecule has 19 heavy (non-hydrogen) atoms. The summed E-state index contributed by atoms with van der Waals surface area (Å²) in [7, 11) is 0. The highest BCUT2D eigenvalue weighted by Crippen LogP contribution is 2.76. The number of nitrogens with two attached hydrogens (primary N) is 1. The van der Waals surface area contributed by atoms with Gasteiger partial charge in [-0.3, -0.25) is 0 Å². The van der Waals surface area contributed by atoms with Gasteiger partial charge < -0.3 is 5.73 Å². The van der Waals surface area contributed by atoms with Crippen LogP contribution in [0.5, 0.6) is 0 Å². The number of rotatable bonds is 1. The topological polar surface area (TPSA) is 26.0 Å². The summed E-state index contributed by atoms with van der Waals surface area (Å²) in [6.07, 6.45) is 9.59. The first-order valence-corrected chi connectivity index (χ1v) is 9.07. The second-order valence-electron chi connectivity index (χ2n) is 9.09. The zero-order valence-corrected chi connectivity index (χ0v) is 11.9. The monoisotopic (exact) mass is 257 g/mol. The van der Waals surface area contributed by atoms with Gasteiger partial charge in [0.25, 0.3) is 0 Å². The maximum atomic E-state index is 6.09. The van der Waals surface area contributed by atoms with Gasteiger partial charge >= 0.3 is 0 Å². The lowest BCUT2D eigenvalue weighted by molar-refractivity contribution is -0.223. The van der Waals surface area contributed by atoms with E-state index in [0.717, 1.165) is 42.1 Å². The lowest BCUT2D eigenvalue weighted by Crippen LogP contribution is -2.65. The Morgan fingerprint density at radius 3 is 2.42 bits per heavy atom. The van der Waals surface area contributed by atoms with Crippen molar-refractivity contribution in [3.8, 4) is 0 Å². The van der Waals surface area contributed by atoms with Gasteiger partial charge in [-0.25, -0.2) is 0 Å². The highest BCUT2D eigenvalue weighted by Gasteiger charge is 2.70. The average molecular weight is 257 g/mol. The first-order chi connectivity index (χ1) is 9.36. The molecule has 0 radical (unpaired) electrons. The van der Waals surface area contributed by atoms with E-state index in [1.165, 1.54) is 36.0 Å². The Kier molecular flexibility index (Phi) is 1.81. The molecule has 7 saturated carbocycles. The minimum absolute atomic E-state index is 0.916. The van der Waals surface area contributed by atoms with Crippen LogP contribution in [0.1, 0.15) is 38.5 Å². The summed E-state index contributed by atoms with van der Waals surface area (Å²) >= 11 is 0. The van der Waals surface area contributed by atoms with Gasteiger partial charge in [0.15, 0.2) is 0 Å². The van der Waals surface area contributed by atoms with Crippen LogP contribution in [0.3, 0.4) is 0 Å². The summed E-state index contributed by atoms with van der Waals surface area (Å²) in [6, 6.07) is 0. The molecule has 104 valence electrons. The van der Waals surface area contributed by atoms with Gasteiger partial charge in [0.1, 0.15) is 0 Å². The lowest BCUT2D eigenvalue weighted by atomic mass is 9.34. The van der Waals surface area contributed by atoms with E-state index in [1.807, 2.05) is 0 Å². The standard InChI is InChI=1S/C18H27N/c19-7-10-3-9-5-12(10)18-14-4-8-1-2-11(14)17-13(8)6-15(17)16(9)18/h8-18H,1-7,19H2. The smallest absolute Gasteiger partial charge is 0.00460 e. The molecular weight excluding hydrogens is 230 g/mol. The van der Waals surface area contributed by atoms with Crippen molar-refractivity contribution in [1.82, 2.24) is 0 Å². The van der Waals surface area contributed by atoms with Crippen molar-refractivity contribution in [2.24, 2.45) is 70.8 Å². The molecule has 0 aromatic rings. The average Bonchev–Trinajstić information content (AvgIpc) is 2.94. The van der Waals surface area contributed by atoms with Crippen molar-refractivity contribution in [1.29, 1.82) is 0 Å². The van der Waals surface area contributed by atoms with Crippen molar-refractivity contribution in [2.45, 2.75) is 38.5 Å². The molecule has 0 aromatic carbocycles. The maximum absolute atomic E-state index is 6.09. The molecule has 1 nitrogen and oxygen atoms in total. The maximum Gasteiger partial charge on any atom is -0.00460 e. The molecule has 0 amide bonds. The molecule has 6 bridgehead atoms. The zero-order chi connectivity index (χ0) is 12.3. The van der Waals surface area contributed by atoms with Crippen LogP contribution in [0, 0.1) is 65.1 Å². The van der Waals surface area contributed by atoms with Gasteiger partial charge in [-0.05, 0) is 110 Å². The van der Waals surface area contributed by atoms with Crippen molar-refractivity contribution in [2.75, 3.05) is 6.54 Å². The summed E-state index contributed by atoms with van der Waals surface area (Å²) in [5, 5.41) is 0. The van der Waals surface area contributed by atoms with Gasteiger partial charge in [-0.2, -0.15) is 0 Å². The molecule has 0 aromatic heterocycles. The molecule has 11 unspecified atom stereocenters. The zero-order valence-electron chi connectivity index (χ0n) is 11.9. The van der Waals surface area contributed by atoms with Gasteiger partial charge in [0.2, 0.25) is 0 Å². The van der Waals surface area contributed by atoms with Crippen LogP contribution in [0.15, 0.2) is 0 Å². The Morgan fingerprint density at radius 2 is 1.53 bits per heavy atom. The minimum Gasteiger partial charge on any atom is -0.330 e. The first kappa shape index (κ1) is 10.7. The van der Waals surface area contributed by atoms with E-state index >= 15 is 0 Å². The Hall–Kier alpha value is -0.0400. The molecular formula is C18H27N. The van der Waals surface area contributed by atoms with E-state index in [4.69, 9.17) is 5.73 Å². The van der Waals surface area contributed by atoms with Gasteiger partial charge in [0.05, 0.1) is 0 Å². The third-order valence-electron chi connectivity index (χ3n) is 9.19. The lowest BCUT2D eigenvalue weighted by Gasteiger charge is -2.70. The van der Waals surface area contributed by atoms with E-state index < -0.39 is 0 Å². The molecule has 0 aliphatic heterocycles. The minimum atomic E-state index is 0.916. The van der Waals surface area contributed by atoms with Crippen LogP contribution in [-0.4, -0.2) is 6.54 Å². The summed E-state index contributed by atoms with van der Waals surface area (Å²) in [5.74, 6) is 12.5. The van der Waals surface area contributed by atoms with Crippen LogP contribution in [0.2, 0.25) is 0 Å². The van der Waals surface area contributed by atoms with E-state index in [1.54, 1.807) is 32.1 Å². The molecule has 0 saturated heterocycles. The molecule has 0 heterocycles. The van der Waals surface area contributed by atoms with Crippen LogP contribution in [0.25, 0.3) is 0 Å². The summed E-state index contributed by atoms with van der Waals surface area (Å²) in [5.41, 5.74) is 6.09. The molecule has 7 fully saturated rings. The first-order valence-electron chi connectivity index (χ1n) is 9.07. The summed E-state index contributed by atoms with van der Waals surface area (Å²) in [4.78, 5) is 0. The highest BCUT2D eigenvalue weighted by molar-refractivity contribution is 5.18. The van der Waals surface area contributed by atoms with Crippen molar-refractivity contribution in [3.05, 3.63) is 0 Å². The fraction of sp³-hybridized carbons (Fsp3) is 1.00. The molecule has 2 N–H and O–H groups in total. The largest absolute Gasteiger partial charge is 0.330 e. The van der Waals surface area contributed by atoms with Crippen LogP contribution in [0.4, 0.5) is 0 Å². The van der Waals surface area contributed by atoms with Gasteiger partial charge in [0, 0.05) is 0 Å². The molecule has 7 aliphatic rings. The molecule has 7 rings (SSSR count). The second-order valence-corrected chi connectivity index (χ2v) is 9.09. The molecule has 11 atom stereocenters. The fourth-order valence-corrected chi connectivity index (χ4v) is 8.97. The van der Waals surface area contributed by atoms with E-state index in [0.29, 0.717) is 0 Å². The second kappa shape index (κ2) is 3.24. The van der Waals surface area contributed by atoms with Crippen LogP contribution < -0.4 is 5.73 Å². The Bertz CT molecular complexity index is 431. The van der Waals surface area contributed by atoms with E-state index in [-0.39, 0.29) is 0 Å². The predicted molar refractivity (Wildman–Crippen MR) is 75.1 cm³/mol. The normalized spacial score (nSPS) is 70.9. The number of hydrogen-bond acceptors (Lipinski definition) is 1. The molecule has 0 spiro atoms. The fourth-order valence-electron chi connectivity index (χ4n) is 8.97. The van der Waals surface area contributed by atoms with Crippen LogP contribution >= 0.6 is 0 Å². The highest BCUT2D eigenvalue weighted by atomic mass is 14.8. The van der Waals surface area contributed by atoms with E-state index in [9.17, 15) is 0 Å². The SMILES string of the molecule is NCC1CC2CC1C1C3CC4CCC3C3C4CC3C21. The van der Waals surface area contributed by atoms with Crippen molar-refractivity contribution in [3.63, 3.8) is 0 Å². The molecule has 1 heteroatoms. The number of fused-ring (bicyclic) bond motifs is 7. The Balaban J connectivity index is 1.44. The van der Waals surface area contributed by atoms with Crippen molar-refractivity contribution >= 4 is 0 Å². The van der Waals surface area contributed by atoms with E-state index in [2.05, 4.69) is 0 Å². The predicted octanol–water partition coefficient (Wildman–Crippen LogP) is 3.15. The summed E-state index contributed by atoms with van der Waals surface area (Å²) in [6.45, 7) is 0.988. The number of hydrogen-bond donors (Lipinski definition) is 1. The molecule has 7 aliphatic carbocycles. The van der Waals surface area contributed by atoms with Crippen molar-refractivity contribution < 1.29 is 0 Å². The third-order valence-corrected chi connectivity index (χ3v) is 9.19. The third kappa shape index (κ3) is 1.02. The van der Waals surface area contributed by atoms with Crippen LogP contribution in [-0.2, 0) is 0 Å². The van der Waals surface area contributed by atoms with Gasteiger partial charge in [-0.1, -0.05) is 0 Å². The van der Waals surface area contributed by atoms with Gasteiger partial charge in [-0.15, -0.1) is 0 Å². The summed E-state index contributed by atoms with van der Waals surface area (Å²) < 4.78 is 0. The quantitative estimate of drug-likeness (QED) is 0.767. The Labute approximate surface area is 116 Å². The Morgan fingerprint density at radius 1 is 0.632 bits per heavy atom.